The molecule has 8 nitrogen and oxygen atoms in total. The summed E-state index contributed by atoms with van der Waals surface area (Å²) >= 11 is 0. The van der Waals surface area contributed by atoms with Gasteiger partial charge in [0, 0.05) is 25.4 Å². The summed E-state index contributed by atoms with van der Waals surface area (Å²) in [5, 5.41) is 11.7. The van der Waals surface area contributed by atoms with Crippen LogP contribution in [0.5, 0.6) is 0 Å². The molecule has 0 saturated carbocycles. The van der Waals surface area contributed by atoms with Gasteiger partial charge in [0.2, 0.25) is 5.91 Å². The lowest BCUT2D eigenvalue weighted by atomic mass is 9.62. The van der Waals surface area contributed by atoms with Crippen molar-refractivity contribution in [2.75, 3.05) is 31.2 Å². The van der Waals surface area contributed by atoms with E-state index in [1.54, 1.807) is 17.1 Å². The number of hydrogen-bond donors (Lipinski definition) is 1. The minimum Gasteiger partial charge on any atom is -0.465 e. The molecule has 0 radical (unpaired) electrons. The molecule has 218 valence electrons. The number of ether oxygens (including phenoxy) is 2. The summed E-state index contributed by atoms with van der Waals surface area (Å²) in [5.41, 5.74) is -1.43. The maximum atomic E-state index is 14.7. The molecule has 1 spiro atoms. The molecule has 3 heterocycles. The molecule has 5 rings (SSSR count). The Bertz CT molecular complexity index is 1360. The third-order valence-corrected chi connectivity index (χ3v) is 9.28. The van der Waals surface area contributed by atoms with Crippen LogP contribution in [0.4, 0.5) is 5.69 Å². The number of fused-ring (bicyclic) bond motifs is 2. The highest BCUT2D eigenvalue weighted by atomic mass is 16.6. The number of carbonyl (C=O) groups excluding carboxylic acids is 3. The molecule has 1 N–H and O–H groups in total. The van der Waals surface area contributed by atoms with Gasteiger partial charge in [-0.15, -0.1) is 13.2 Å². The van der Waals surface area contributed by atoms with Crippen molar-refractivity contribution in [3.8, 4) is 0 Å². The molecule has 2 bridgehead atoms. The van der Waals surface area contributed by atoms with E-state index in [2.05, 4.69) is 13.2 Å². The van der Waals surface area contributed by atoms with E-state index in [9.17, 15) is 19.5 Å². The van der Waals surface area contributed by atoms with Crippen LogP contribution < -0.4 is 4.90 Å². The van der Waals surface area contributed by atoms with Gasteiger partial charge in [0.25, 0.3) is 5.91 Å². The molecule has 3 saturated heterocycles. The van der Waals surface area contributed by atoms with Crippen molar-refractivity contribution in [1.82, 2.24) is 4.90 Å². The average Bonchev–Trinajstić information content (AvgIpc) is 3.48. The van der Waals surface area contributed by atoms with Crippen LogP contribution in [0.1, 0.15) is 39.5 Å². The Labute approximate surface area is 241 Å². The van der Waals surface area contributed by atoms with Gasteiger partial charge in [-0.25, -0.2) is 0 Å². The second-order valence-electron chi connectivity index (χ2n) is 11.7. The number of benzene rings is 2. The molecule has 3 aliphatic rings. The van der Waals surface area contributed by atoms with E-state index in [0.717, 1.165) is 10.8 Å². The number of aliphatic hydroxyl groups excluding tert-OH is 1. The first-order chi connectivity index (χ1) is 19.7. The molecule has 0 aromatic heterocycles. The van der Waals surface area contributed by atoms with Crippen LogP contribution >= 0.6 is 0 Å². The maximum absolute atomic E-state index is 14.7. The van der Waals surface area contributed by atoms with Gasteiger partial charge in [-0.3, -0.25) is 14.4 Å². The van der Waals surface area contributed by atoms with Crippen LogP contribution in [0.15, 0.2) is 67.8 Å². The Balaban J connectivity index is 1.55. The highest BCUT2D eigenvalue weighted by molar-refractivity contribution is 6.05. The average molecular weight is 561 g/mol. The van der Waals surface area contributed by atoms with Crippen molar-refractivity contribution >= 4 is 34.2 Å². The molecule has 3 unspecified atom stereocenters. The number of allylic oxidation sites excluding steroid dienone is 1. The summed E-state index contributed by atoms with van der Waals surface area (Å²) in [6.45, 7) is 12.0. The molecule has 3 fully saturated rings. The molecule has 2 amide bonds. The van der Waals surface area contributed by atoms with E-state index in [-0.39, 0.29) is 44.0 Å². The van der Waals surface area contributed by atoms with Crippen LogP contribution in [0.3, 0.4) is 0 Å². The third-order valence-electron chi connectivity index (χ3n) is 9.28. The molecule has 8 heteroatoms. The predicted molar refractivity (Wildman–Crippen MR) is 157 cm³/mol. The normalized spacial score (nSPS) is 29.9. The third kappa shape index (κ3) is 4.67. The van der Waals surface area contributed by atoms with Crippen molar-refractivity contribution in [1.29, 1.82) is 0 Å². The lowest BCUT2D eigenvalue weighted by Crippen LogP contribution is -2.57. The van der Waals surface area contributed by atoms with Gasteiger partial charge in [0.15, 0.2) is 0 Å². The van der Waals surface area contributed by atoms with Crippen LogP contribution in [0, 0.1) is 17.8 Å². The number of hydrogen-bond acceptors (Lipinski definition) is 6. The highest BCUT2D eigenvalue weighted by Gasteiger charge is 2.80. The van der Waals surface area contributed by atoms with E-state index in [0.29, 0.717) is 31.4 Å². The molecule has 41 heavy (non-hydrogen) atoms. The minimum atomic E-state index is -1.18. The first-order valence-electron chi connectivity index (χ1n) is 14.5. The monoisotopic (exact) mass is 560 g/mol. The van der Waals surface area contributed by atoms with Crippen molar-refractivity contribution in [2.45, 2.75) is 56.8 Å². The highest BCUT2D eigenvalue weighted by Crippen LogP contribution is 2.65. The van der Waals surface area contributed by atoms with Gasteiger partial charge < -0.3 is 24.4 Å². The lowest BCUT2D eigenvalue weighted by Gasteiger charge is -2.37. The Morgan fingerprint density at radius 3 is 2.63 bits per heavy atom. The maximum Gasteiger partial charge on any atom is 0.312 e. The van der Waals surface area contributed by atoms with Crippen LogP contribution in [0.25, 0.3) is 10.8 Å². The molecule has 6 atom stereocenters. The number of esters is 1. The van der Waals surface area contributed by atoms with E-state index in [1.807, 2.05) is 56.3 Å². The number of carbonyl (C=O) groups is 3. The van der Waals surface area contributed by atoms with Gasteiger partial charge in [-0.1, -0.05) is 49.4 Å². The van der Waals surface area contributed by atoms with Crippen LogP contribution in [-0.4, -0.2) is 71.3 Å². The minimum absolute atomic E-state index is 0.0844. The van der Waals surface area contributed by atoms with Crippen LogP contribution in [0.2, 0.25) is 0 Å². The predicted octanol–water partition coefficient (Wildman–Crippen LogP) is 4.26. The fraction of sp³-hybridized carbons (Fsp3) is 0.485. The molecular formula is C33H40N2O6. The lowest BCUT2D eigenvalue weighted by molar-refractivity contribution is -0.161. The summed E-state index contributed by atoms with van der Waals surface area (Å²) in [7, 11) is 0. The standard InChI is InChI=1S/C33H40N2O6/c1-5-7-10-19-40-31(39)27-26-29(37)35(17-11-18-36)28(33(26)21-22(3)32(27,4)41-33)30(38)34(16-6-2)25-15-14-23-12-8-9-13-24(23)20-25/h5-6,8-9,12-15,20,22,26-28,36H,1-2,7,10-11,16-19,21H2,3-4H3/t22?,26-,27-,28?,32+,33?/m0/s1. The summed E-state index contributed by atoms with van der Waals surface area (Å²) < 4.78 is 12.4. The second-order valence-corrected chi connectivity index (χ2v) is 11.7. The van der Waals surface area contributed by atoms with E-state index >= 15 is 0 Å². The van der Waals surface area contributed by atoms with E-state index in [1.165, 1.54) is 4.90 Å². The van der Waals surface area contributed by atoms with Crippen molar-refractivity contribution in [3.63, 3.8) is 0 Å². The SMILES string of the molecule is C=CCCCOC(=O)[C@@H]1[C@H]2C(=O)N(CCCO)C(C(=O)N(CC=C)c3ccc4ccccc4c3)C23CC(C)[C@@]1(C)O3. The number of rotatable bonds is 12. The zero-order chi connectivity index (χ0) is 29.4. The number of anilines is 1. The van der Waals surface area contributed by atoms with Crippen molar-refractivity contribution < 1.29 is 29.0 Å². The Hall–Kier alpha value is -3.49. The summed E-state index contributed by atoms with van der Waals surface area (Å²) in [4.78, 5) is 45.6. The Morgan fingerprint density at radius 1 is 1.17 bits per heavy atom. The quantitative estimate of drug-likeness (QED) is 0.237. The number of unbranched alkanes of at least 4 members (excludes halogenated alkanes) is 1. The number of likely N-dealkylation sites (tertiary alicyclic amines) is 1. The molecule has 0 aliphatic carbocycles. The summed E-state index contributed by atoms with van der Waals surface area (Å²) in [6, 6.07) is 12.8. The topological polar surface area (TPSA) is 96.4 Å². The Kier molecular flexibility index (Phi) is 8.08. The van der Waals surface area contributed by atoms with Crippen molar-refractivity contribution in [3.05, 3.63) is 67.8 Å². The van der Waals surface area contributed by atoms with Gasteiger partial charge in [0.05, 0.1) is 18.1 Å². The smallest absolute Gasteiger partial charge is 0.312 e. The van der Waals surface area contributed by atoms with Crippen molar-refractivity contribution in [2.24, 2.45) is 17.8 Å². The van der Waals surface area contributed by atoms with E-state index < -0.39 is 35.0 Å². The first kappa shape index (κ1) is 29.0. The largest absolute Gasteiger partial charge is 0.465 e. The first-order valence-corrected chi connectivity index (χ1v) is 14.5. The zero-order valence-electron chi connectivity index (χ0n) is 24.0. The summed E-state index contributed by atoms with van der Waals surface area (Å²) in [6.07, 6.45) is 5.56. The molecule has 2 aromatic carbocycles. The summed E-state index contributed by atoms with van der Waals surface area (Å²) in [5.74, 6) is -2.80. The van der Waals surface area contributed by atoms with Gasteiger partial charge in [-0.05, 0) is 61.4 Å². The van der Waals surface area contributed by atoms with Crippen LogP contribution in [-0.2, 0) is 23.9 Å². The van der Waals surface area contributed by atoms with Gasteiger partial charge >= 0.3 is 5.97 Å². The zero-order valence-corrected chi connectivity index (χ0v) is 24.0. The fourth-order valence-corrected chi connectivity index (χ4v) is 7.29. The van der Waals surface area contributed by atoms with E-state index in [4.69, 9.17) is 9.47 Å². The van der Waals surface area contributed by atoms with Gasteiger partial charge in [0.1, 0.15) is 17.6 Å². The second kappa shape index (κ2) is 11.4. The number of aliphatic hydroxyl groups is 1. The van der Waals surface area contributed by atoms with Gasteiger partial charge in [-0.2, -0.15) is 0 Å². The molecule has 2 aromatic rings. The number of nitrogens with zero attached hydrogens (tertiary/aromatic N) is 2. The fourth-order valence-electron chi connectivity index (χ4n) is 7.29. The number of amides is 2. The molecular weight excluding hydrogens is 520 g/mol. The Morgan fingerprint density at radius 2 is 1.93 bits per heavy atom. The molecule has 3 aliphatic heterocycles.